The Hall–Kier alpha value is -3.35. The number of hydrogen-bond donors (Lipinski definition) is 2. The van der Waals surface area contributed by atoms with Crippen LogP contribution >= 0.6 is 0 Å². The topological polar surface area (TPSA) is 81.1 Å². The predicted molar refractivity (Wildman–Crippen MR) is 109 cm³/mol. The molecule has 4 rings (SSSR count). The molecule has 144 valence electrons. The molecule has 2 N–H and O–H groups in total. The maximum Gasteiger partial charge on any atom is 0.323 e. The molecule has 2 amide bonds. The number of nitrogens with one attached hydrogen (secondary N) is 2. The van der Waals surface area contributed by atoms with Gasteiger partial charge >= 0.3 is 6.03 Å². The summed E-state index contributed by atoms with van der Waals surface area (Å²) in [5, 5.41) is 14.4. The van der Waals surface area contributed by atoms with Crippen molar-refractivity contribution in [1.82, 2.24) is 14.8 Å². The van der Waals surface area contributed by atoms with Gasteiger partial charge in [0.05, 0.1) is 12.8 Å². The number of fused-ring (bicyclic) bond motifs is 1. The molecule has 28 heavy (non-hydrogen) atoms. The lowest BCUT2D eigenvalue weighted by molar-refractivity contribution is 0.262. The number of amides is 2. The molecule has 0 saturated carbocycles. The van der Waals surface area contributed by atoms with Crippen molar-refractivity contribution >= 4 is 17.4 Å². The van der Waals surface area contributed by atoms with E-state index in [0.29, 0.717) is 17.1 Å². The number of carbonyl (C=O) groups is 1. The minimum absolute atomic E-state index is 0.325. The van der Waals surface area contributed by atoms with Crippen molar-refractivity contribution in [3.05, 3.63) is 54.4 Å². The second kappa shape index (κ2) is 8.12. The Morgan fingerprint density at radius 2 is 1.82 bits per heavy atom. The Balaban J connectivity index is 1.45. The first-order valence-electron chi connectivity index (χ1n) is 9.48. The second-order valence-electron chi connectivity index (χ2n) is 6.76. The van der Waals surface area contributed by atoms with Gasteiger partial charge in [-0.3, -0.25) is 0 Å². The van der Waals surface area contributed by atoms with Gasteiger partial charge in [0.2, 0.25) is 0 Å². The van der Waals surface area contributed by atoms with E-state index in [4.69, 9.17) is 4.74 Å². The Kier molecular flexibility index (Phi) is 5.23. The monoisotopic (exact) mass is 377 g/mol. The maximum atomic E-state index is 12.3. The van der Waals surface area contributed by atoms with Crippen LogP contribution < -0.4 is 15.4 Å². The Labute approximate surface area is 163 Å². The lowest BCUT2D eigenvalue weighted by Gasteiger charge is -2.11. The molecule has 0 bridgehead atoms. The molecule has 1 aliphatic rings. The summed E-state index contributed by atoms with van der Waals surface area (Å²) in [7, 11) is 1.57. The molecule has 2 aromatic carbocycles. The number of urea groups is 1. The molecule has 7 heteroatoms. The van der Waals surface area contributed by atoms with Crippen LogP contribution in [0.5, 0.6) is 5.75 Å². The molecule has 0 unspecified atom stereocenters. The number of aromatic nitrogens is 3. The van der Waals surface area contributed by atoms with Gasteiger partial charge in [-0.1, -0.05) is 18.6 Å². The number of para-hydroxylation sites is 2. The zero-order chi connectivity index (χ0) is 19.3. The van der Waals surface area contributed by atoms with E-state index >= 15 is 0 Å². The summed E-state index contributed by atoms with van der Waals surface area (Å²) < 4.78 is 7.46. The highest BCUT2D eigenvalue weighted by Crippen LogP contribution is 2.25. The van der Waals surface area contributed by atoms with Crippen molar-refractivity contribution in [2.75, 3.05) is 17.7 Å². The van der Waals surface area contributed by atoms with Gasteiger partial charge in [0.25, 0.3) is 0 Å². The van der Waals surface area contributed by atoms with Gasteiger partial charge in [0, 0.05) is 24.2 Å². The number of ether oxygens (including phenoxy) is 1. The van der Waals surface area contributed by atoms with Gasteiger partial charge < -0.3 is 19.9 Å². The number of hydrogen-bond acceptors (Lipinski definition) is 4. The van der Waals surface area contributed by atoms with E-state index < -0.39 is 0 Å². The minimum atomic E-state index is -0.325. The van der Waals surface area contributed by atoms with Crippen LogP contribution in [0.2, 0.25) is 0 Å². The van der Waals surface area contributed by atoms with Crippen LogP contribution in [0.1, 0.15) is 25.1 Å². The molecule has 3 aromatic rings. The van der Waals surface area contributed by atoms with Gasteiger partial charge in [-0.15, -0.1) is 10.2 Å². The number of methoxy groups -OCH3 is 1. The lowest BCUT2D eigenvalue weighted by Crippen LogP contribution is -2.19. The summed E-state index contributed by atoms with van der Waals surface area (Å²) in [6.45, 7) is 0.957. The van der Waals surface area contributed by atoms with Gasteiger partial charge in [-0.2, -0.15) is 0 Å². The summed E-state index contributed by atoms with van der Waals surface area (Å²) in [6.07, 6.45) is 4.53. The van der Waals surface area contributed by atoms with Crippen LogP contribution in [-0.2, 0) is 13.0 Å². The van der Waals surface area contributed by atoms with E-state index in [-0.39, 0.29) is 6.03 Å². The van der Waals surface area contributed by atoms with Gasteiger partial charge in [0.15, 0.2) is 5.82 Å². The molecule has 7 nitrogen and oxygen atoms in total. The number of carbonyl (C=O) groups excluding carboxylic acids is 1. The van der Waals surface area contributed by atoms with Crippen LogP contribution in [0.3, 0.4) is 0 Å². The van der Waals surface area contributed by atoms with Crippen LogP contribution in [0.15, 0.2) is 48.5 Å². The van der Waals surface area contributed by atoms with Crippen molar-refractivity contribution in [3.8, 4) is 17.1 Å². The summed E-state index contributed by atoms with van der Waals surface area (Å²) in [5.74, 6) is 2.56. The van der Waals surface area contributed by atoms with Crippen molar-refractivity contribution in [3.63, 3.8) is 0 Å². The molecule has 0 radical (unpaired) electrons. The second-order valence-corrected chi connectivity index (χ2v) is 6.76. The molecular formula is C21H23N5O2. The fourth-order valence-corrected chi connectivity index (χ4v) is 3.43. The standard InChI is InChI=1S/C21H23N5O2/c1-28-18-8-5-4-7-17(18)23-21(27)22-16-12-10-15(11-13-16)20-25-24-19-9-3-2-6-14-26(19)20/h4-5,7-8,10-13H,2-3,6,9,14H2,1H3,(H2,22,23,27). The van der Waals surface area contributed by atoms with Crippen molar-refractivity contribution in [2.24, 2.45) is 0 Å². The van der Waals surface area contributed by atoms with Crippen LogP contribution in [0.4, 0.5) is 16.2 Å². The SMILES string of the molecule is COc1ccccc1NC(=O)Nc1ccc(-c2nnc3n2CCCCC3)cc1. The van der Waals surface area contributed by atoms with Crippen molar-refractivity contribution in [1.29, 1.82) is 0 Å². The molecule has 0 saturated heterocycles. The minimum Gasteiger partial charge on any atom is -0.495 e. The quantitative estimate of drug-likeness (QED) is 0.709. The molecule has 0 atom stereocenters. The maximum absolute atomic E-state index is 12.3. The third-order valence-corrected chi connectivity index (χ3v) is 4.87. The summed E-state index contributed by atoms with van der Waals surface area (Å²) in [6, 6.07) is 14.6. The number of aryl methyl sites for hydroxylation is 1. The third kappa shape index (κ3) is 3.83. The Morgan fingerprint density at radius 3 is 2.64 bits per heavy atom. The molecule has 0 spiro atoms. The predicted octanol–water partition coefficient (Wildman–Crippen LogP) is 4.32. The van der Waals surface area contributed by atoms with Crippen molar-refractivity contribution in [2.45, 2.75) is 32.2 Å². The highest BCUT2D eigenvalue weighted by Gasteiger charge is 2.16. The van der Waals surface area contributed by atoms with Crippen molar-refractivity contribution < 1.29 is 9.53 Å². The van der Waals surface area contributed by atoms with Gasteiger partial charge in [-0.05, 0) is 49.2 Å². The number of nitrogens with zero attached hydrogens (tertiary/aromatic N) is 3. The van der Waals surface area contributed by atoms with Gasteiger partial charge in [-0.25, -0.2) is 4.79 Å². The summed E-state index contributed by atoms with van der Waals surface area (Å²) in [5.41, 5.74) is 2.31. The third-order valence-electron chi connectivity index (χ3n) is 4.87. The smallest absolute Gasteiger partial charge is 0.323 e. The van der Waals surface area contributed by atoms with E-state index in [1.54, 1.807) is 19.2 Å². The molecule has 2 heterocycles. The fourth-order valence-electron chi connectivity index (χ4n) is 3.43. The number of rotatable bonds is 4. The summed E-state index contributed by atoms with van der Waals surface area (Å²) in [4.78, 5) is 12.3. The zero-order valence-corrected chi connectivity index (χ0v) is 15.8. The first-order chi connectivity index (χ1) is 13.7. The molecule has 0 fully saturated rings. The van der Waals surface area contributed by atoms with E-state index in [9.17, 15) is 4.79 Å². The van der Waals surface area contributed by atoms with E-state index in [0.717, 1.165) is 36.6 Å². The number of anilines is 2. The Morgan fingerprint density at radius 1 is 1.00 bits per heavy atom. The van der Waals surface area contributed by atoms with Crippen LogP contribution in [0.25, 0.3) is 11.4 Å². The van der Waals surface area contributed by atoms with E-state index in [1.807, 2.05) is 36.4 Å². The lowest BCUT2D eigenvalue weighted by atomic mass is 10.2. The highest BCUT2D eigenvalue weighted by molar-refractivity contribution is 6.00. The summed E-state index contributed by atoms with van der Waals surface area (Å²) >= 11 is 0. The molecule has 1 aromatic heterocycles. The Bertz CT molecular complexity index is 965. The molecule has 1 aliphatic heterocycles. The van der Waals surface area contributed by atoms with E-state index in [2.05, 4.69) is 25.4 Å². The molecule has 0 aliphatic carbocycles. The highest BCUT2D eigenvalue weighted by atomic mass is 16.5. The van der Waals surface area contributed by atoms with E-state index in [1.165, 1.54) is 12.8 Å². The molecular weight excluding hydrogens is 354 g/mol. The normalized spacial score (nSPS) is 13.3. The van der Waals surface area contributed by atoms with Gasteiger partial charge in [0.1, 0.15) is 11.6 Å². The fraction of sp³-hybridized carbons (Fsp3) is 0.286. The first kappa shape index (κ1) is 18.0. The van der Waals surface area contributed by atoms with Crippen LogP contribution in [-0.4, -0.2) is 27.9 Å². The first-order valence-corrected chi connectivity index (χ1v) is 9.48. The average Bonchev–Trinajstić information content (AvgIpc) is 2.97. The average molecular weight is 377 g/mol. The number of benzene rings is 2. The zero-order valence-electron chi connectivity index (χ0n) is 15.8. The largest absolute Gasteiger partial charge is 0.495 e. The van der Waals surface area contributed by atoms with Crippen LogP contribution in [0, 0.1) is 0 Å².